The first-order chi connectivity index (χ1) is 10.6. The lowest BCUT2D eigenvalue weighted by Gasteiger charge is -2.38. The number of carbonyl (C=O) groups excluding carboxylic acids is 1. The van der Waals surface area contributed by atoms with Crippen molar-refractivity contribution < 1.29 is 19.4 Å². The van der Waals surface area contributed by atoms with E-state index < -0.39 is 23.1 Å². The van der Waals surface area contributed by atoms with Gasteiger partial charge in [-0.15, -0.1) is 0 Å². The fraction of sp³-hybridized carbons (Fsp3) is 0.562. The Labute approximate surface area is 144 Å². The number of hydrogen-bond donors (Lipinski definition) is 1. The fourth-order valence-electron chi connectivity index (χ4n) is 2.65. The summed E-state index contributed by atoms with van der Waals surface area (Å²) in [7, 11) is 0. The van der Waals surface area contributed by atoms with Crippen LogP contribution in [0.1, 0.15) is 39.3 Å². The highest BCUT2D eigenvalue weighted by molar-refractivity contribution is 9.10. The number of pyridine rings is 1. The maximum atomic E-state index is 12.1. The van der Waals surface area contributed by atoms with Gasteiger partial charge >= 0.3 is 12.1 Å². The topological polar surface area (TPSA) is 79.7 Å². The summed E-state index contributed by atoms with van der Waals surface area (Å²) in [5.41, 5.74) is -1.12. The Morgan fingerprint density at radius 3 is 2.39 bits per heavy atom. The van der Waals surface area contributed by atoms with Gasteiger partial charge in [0.25, 0.3) is 0 Å². The third-order valence-electron chi connectivity index (χ3n) is 3.88. The Balaban J connectivity index is 2.16. The lowest BCUT2D eigenvalue weighted by molar-refractivity contribution is -0.146. The molecule has 1 N–H and O–H groups in total. The first kappa shape index (κ1) is 17.7. The monoisotopic (exact) mass is 384 g/mol. The van der Waals surface area contributed by atoms with Crippen molar-refractivity contribution in [3.63, 3.8) is 0 Å². The molecule has 2 heterocycles. The summed E-state index contributed by atoms with van der Waals surface area (Å²) < 4.78 is 5.95. The van der Waals surface area contributed by atoms with Gasteiger partial charge in [0.15, 0.2) is 0 Å². The molecular weight excluding hydrogens is 364 g/mol. The van der Waals surface area contributed by atoms with Crippen LogP contribution in [-0.2, 0) is 14.9 Å². The number of likely N-dealkylation sites (tertiary alicyclic amines) is 1. The molecule has 0 aromatic carbocycles. The molecule has 2 rings (SSSR count). The van der Waals surface area contributed by atoms with E-state index in [0.29, 0.717) is 36.2 Å². The highest BCUT2D eigenvalue weighted by atomic mass is 79.9. The lowest BCUT2D eigenvalue weighted by atomic mass is 9.75. The van der Waals surface area contributed by atoms with Gasteiger partial charge in [0, 0.05) is 13.1 Å². The molecule has 0 bridgehead atoms. The largest absolute Gasteiger partial charge is 0.481 e. The van der Waals surface area contributed by atoms with Crippen LogP contribution in [0, 0.1) is 0 Å². The van der Waals surface area contributed by atoms with Gasteiger partial charge in [-0.2, -0.15) is 0 Å². The first-order valence-corrected chi connectivity index (χ1v) is 8.28. The molecule has 0 unspecified atom stereocenters. The second-order valence-electron chi connectivity index (χ2n) is 6.70. The Bertz CT molecular complexity index is 604. The van der Waals surface area contributed by atoms with E-state index in [2.05, 4.69) is 20.9 Å². The molecule has 1 aliphatic rings. The van der Waals surface area contributed by atoms with Crippen molar-refractivity contribution in [3.05, 3.63) is 28.5 Å². The number of nitrogens with zero attached hydrogens (tertiary/aromatic N) is 2. The average molecular weight is 385 g/mol. The molecule has 0 spiro atoms. The molecule has 1 aliphatic heterocycles. The Morgan fingerprint density at radius 1 is 1.30 bits per heavy atom. The van der Waals surface area contributed by atoms with Gasteiger partial charge in [-0.1, -0.05) is 6.07 Å². The van der Waals surface area contributed by atoms with E-state index in [1.807, 2.05) is 20.8 Å². The predicted molar refractivity (Wildman–Crippen MR) is 88.3 cm³/mol. The summed E-state index contributed by atoms with van der Waals surface area (Å²) in [4.78, 5) is 29.9. The normalized spacial score (nSPS) is 17.7. The van der Waals surface area contributed by atoms with E-state index in [1.165, 1.54) is 0 Å². The second kappa shape index (κ2) is 6.47. The van der Waals surface area contributed by atoms with Gasteiger partial charge in [0.05, 0.1) is 5.69 Å². The third kappa shape index (κ3) is 4.02. The number of halogens is 1. The van der Waals surface area contributed by atoms with E-state index >= 15 is 0 Å². The number of amides is 1. The minimum absolute atomic E-state index is 0.311. The molecule has 6 nitrogen and oxygen atoms in total. The molecule has 1 saturated heterocycles. The zero-order chi connectivity index (χ0) is 17.3. The van der Waals surface area contributed by atoms with Crippen molar-refractivity contribution in [2.45, 2.75) is 44.6 Å². The first-order valence-electron chi connectivity index (χ1n) is 7.48. The Kier molecular flexibility index (Phi) is 4.98. The molecular formula is C16H21BrN2O4. The summed E-state index contributed by atoms with van der Waals surface area (Å²) in [6, 6.07) is 5.26. The third-order valence-corrected chi connectivity index (χ3v) is 4.33. The number of piperidine rings is 1. The van der Waals surface area contributed by atoms with Crippen LogP contribution in [0.3, 0.4) is 0 Å². The smallest absolute Gasteiger partial charge is 0.410 e. The SMILES string of the molecule is CC(C)(C)OC(=O)N1CCC(C(=O)O)(c2cccc(Br)n2)CC1. The van der Waals surface area contributed by atoms with Crippen LogP contribution >= 0.6 is 15.9 Å². The zero-order valence-corrected chi connectivity index (χ0v) is 15.1. The molecule has 0 aliphatic carbocycles. The van der Waals surface area contributed by atoms with Gasteiger partial charge in [-0.25, -0.2) is 9.78 Å². The number of carbonyl (C=O) groups is 2. The molecule has 1 amide bonds. The number of aromatic nitrogens is 1. The molecule has 126 valence electrons. The lowest BCUT2D eigenvalue weighted by Crippen LogP contribution is -2.50. The average Bonchev–Trinajstić information content (AvgIpc) is 2.45. The van der Waals surface area contributed by atoms with Crippen LogP contribution in [0.4, 0.5) is 4.79 Å². The highest BCUT2D eigenvalue weighted by Crippen LogP contribution is 2.35. The molecule has 0 radical (unpaired) electrons. The minimum Gasteiger partial charge on any atom is -0.481 e. The van der Waals surface area contributed by atoms with Crippen LogP contribution in [0.5, 0.6) is 0 Å². The standard InChI is InChI=1S/C16H21BrN2O4/c1-15(2,3)23-14(22)19-9-7-16(8-10-19,13(20)21)11-5-4-6-12(17)18-11/h4-6H,7-10H2,1-3H3,(H,20,21). The maximum absolute atomic E-state index is 12.1. The minimum atomic E-state index is -1.07. The van der Waals surface area contributed by atoms with E-state index in [0.717, 1.165) is 0 Å². The number of rotatable bonds is 2. The zero-order valence-electron chi connectivity index (χ0n) is 13.5. The molecule has 23 heavy (non-hydrogen) atoms. The van der Waals surface area contributed by atoms with Gasteiger partial charge in [0.2, 0.25) is 0 Å². The van der Waals surface area contributed by atoms with Gasteiger partial charge < -0.3 is 14.7 Å². The molecule has 7 heteroatoms. The number of aliphatic carboxylic acids is 1. The number of hydrogen-bond acceptors (Lipinski definition) is 4. The molecule has 0 atom stereocenters. The second-order valence-corrected chi connectivity index (χ2v) is 7.51. The summed E-state index contributed by atoms with van der Waals surface area (Å²) in [5, 5.41) is 9.75. The van der Waals surface area contributed by atoms with Gasteiger partial charge in [-0.3, -0.25) is 4.79 Å². The highest BCUT2D eigenvalue weighted by Gasteiger charge is 2.45. The van der Waals surface area contributed by atoms with Crippen molar-refractivity contribution in [3.8, 4) is 0 Å². The summed E-state index contributed by atoms with van der Waals surface area (Å²) in [6.07, 6.45) is 0.217. The maximum Gasteiger partial charge on any atom is 0.410 e. The number of carboxylic acids is 1. The molecule has 1 aromatic heterocycles. The predicted octanol–water partition coefficient (Wildman–Crippen LogP) is 3.20. The van der Waals surface area contributed by atoms with Crippen molar-refractivity contribution in [2.75, 3.05) is 13.1 Å². The van der Waals surface area contributed by atoms with E-state index in [-0.39, 0.29) is 0 Å². The van der Waals surface area contributed by atoms with E-state index in [1.54, 1.807) is 23.1 Å². The van der Waals surface area contributed by atoms with Crippen LogP contribution in [0.25, 0.3) is 0 Å². The quantitative estimate of drug-likeness (QED) is 0.791. The molecule has 1 fully saturated rings. The fourth-order valence-corrected chi connectivity index (χ4v) is 3.00. The molecule has 1 aromatic rings. The van der Waals surface area contributed by atoms with Crippen LogP contribution in [-0.4, -0.2) is 45.7 Å². The van der Waals surface area contributed by atoms with Crippen LogP contribution in [0.2, 0.25) is 0 Å². The van der Waals surface area contributed by atoms with Crippen molar-refractivity contribution in [1.29, 1.82) is 0 Å². The Hall–Kier alpha value is -1.63. The van der Waals surface area contributed by atoms with E-state index in [9.17, 15) is 14.7 Å². The Morgan fingerprint density at radius 2 is 1.91 bits per heavy atom. The van der Waals surface area contributed by atoms with Crippen LogP contribution < -0.4 is 0 Å². The van der Waals surface area contributed by atoms with Gasteiger partial charge in [-0.05, 0) is 61.7 Å². The molecule has 0 saturated carbocycles. The number of carboxylic acid groups (broad SMARTS) is 1. The van der Waals surface area contributed by atoms with E-state index in [4.69, 9.17) is 4.74 Å². The van der Waals surface area contributed by atoms with Crippen LogP contribution in [0.15, 0.2) is 22.8 Å². The summed E-state index contributed by atoms with van der Waals surface area (Å²) in [5.74, 6) is -0.910. The summed E-state index contributed by atoms with van der Waals surface area (Å²) >= 11 is 3.28. The number of ether oxygens (including phenoxy) is 1. The summed E-state index contributed by atoms with van der Waals surface area (Å²) in [6.45, 7) is 6.08. The van der Waals surface area contributed by atoms with Crippen molar-refractivity contribution in [1.82, 2.24) is 9.88 Å². The van der Waals surface area contributed by atoms with Crippen molar-refractivity contribution >= 4 is 28.0 Å². The van der Waals surface area contributed by atoms with Gasteiger partial charge in [0.1, 0.15) is 15.6 Å². The van der Waals surface area contributed by atoms with Crippen molar-refractivity contribution in [2.24, 2.45) is 0 Å².